The molecule has 0 saturated carbocycles. The Balaban J connectivity index is 2.13. The van der Waals surface area contributed by atoms with Crippen LogP contribution in [0.3, 0.4) is 0 Å². The van der Waals surface area contributed by atoms with Gasteiger partial charge in [-0.2, -0.15) is 10.4 Å². The number of anilines is 1. The highest BCUT2D eigenvalue weighted by atomic mass is 16.2. The van der Waals surface area contributed by atoms with Crippen LogP contribution in [0.5, 0.6) is 0 Å². The molecule has 1 heterocycles. The molecule has 0 aliphatic rings. The van der Waals surface area contributed by atoms with Crippen LogP contribution in [0.1, 0.15) is 5.56 Å². The summed E-state index contributed by atoms with van der Waals surface area (Å²) in [5.74, 6) is -0.0891. The number of hydrogen-bond donors (Lipinski definition) is 0. The van der Waals surface area contributed by atoms with Crippen LogP contribution in [0, 0.1) is 11.3 Å². The average Bonchev–Trinajstić information content (AvgIpc) is 2.90. The molecule has 0 radical (unpaired) electrons. The highest BCUT2D eigenvalue weighted by Crippen LogP contribution is 2.14. The minimum absolute atomic E-state index is 0.0891. The molecule has 1 aromatic carbocycles. The first-order valence-electron chi connectivity index (χ1n) is 5.45. The van der Waals surface area contributed by atoms with E-state index in [0.29, 0.717) is 11.3 Å². The molecule has 0 saturated heterocycles. The second kappa shape index (κ2) is 5.15. The van der Waals surface area contributed by atoms with E-state index in [0.717, 1.165) is 0 Å². The maximum Gasteiger partial charge on any atom is 0.248 e. The fourth-order valence-electron chi connectivity index (χ4n) is 1.57. The normalized spacial score (nSPS) is 9.78. The third-order valence-corrected chi connectivity index (χ3v) is 2.59. The van der Waals surface area contributed by atoms with Gasteiger partial charge in [-0.1, -0.05) is 6.07 Å². The SMILES string of the molecule is CN(C(=O)Cn1cccn1)c1cccc(C#N)c1. The van der Waals surface area contributed by atoms with Crippen LogP contribution in [-0.2, 0) is 11.3 Å². The lowest BCUT2D eigenvalue weighted by Crippen LogP contribution is -2.30. The molecule has 0 fully saturated rings. The van der Waals surface area contributed by atoms with E-state index in [2.05, 4.69) is 11.2 Å². The molecule has 5 heteroatoms. The molecular weight excluding hydrogens is 228 g/mol. The summed E-state index contributed by atoms with van der Waals surface area (Å²) in [6.07, 6.45) is 3.36. The van der Waals surface area contributed by atoms with E-state index in [1.54, 1.807) is 54.5 Å². The van der Waals surface area contributed by atoms with Gasteiger partial charge in [0.05, 0.1) is 11.6 Å². The van der Waals surface area contributed by atoms with Gasteiger partial charge in [0.2, 0.25) is 5.91 Å². The van der Waals surface area contributed by atoms with E-state index >= 15 is 0 Å². The lowest BCUT2D eigenvalue weighted by Gasteiger charge is -2.17. The van der Waals surface area contributed by atoms with Crippen molar-refractivity contribution in [3.05, 3.63) is 48.3 Å². The fraction of sp³-hybridized carbons (Fsp3) is 0.154. The summed E-state index contributed by atoms with van der Waals surface area (Å²) in [6.45, 7) is 0.181. The standard InChI is InChI=1S/C13H12N4O/c1-16(12-5-2-4-11(8-12)9-14)13(18)10-17-7-3-6-15-17/h2-8H,10H2,1H3. The van der Waals surface area contributed by atoms with Gasteiger partial charge >= 0.3 is 0 Å². The Hall–Kier alpha value is -2.61. The van der Waals surface area contributed by atoms with Gasteiger partial charge in [-0.25, -0.2) is 0 Å². The molecule has 5 nitrogen and oxygen atoms in total. The lowest BCUT2D eigenvalue weighted by molar-refractivity contribution is -0.119. The summed E-state index contributed by atoms with van der Waals surface area (Å²) in [5, 5.41) is 12.8. The number of aromatic nitrogens is 2. The Kier molecular flexibility index (Phi) is 3.39. The van der Waals surface area contributed by atoms with Crippen molar-refractivity contribution in [3.8, 4) is 6.07 Å². The van der Waals surface area contributed by atoms with E-state index < -0.39 is 0 Å². The van der Waals surface area contributed by atoms with E-state index in [4.69, 9.17) is 5.26 Å². The molecule has 0 unspecified atom stereocenters. The number of amides is 1. The smallest absolute Gasteiger partial charge is 0.248 e. The first-order valence-corrected chi connectivity index (χ1v) is 5.45. The van der Waals surface area contributed by atoms with Crippen LogP contribution >= 0.6 is 0 Å². The monoisotopic (exact) mass is 240 g/mol. The van der Waals surface area contributed by atoms with Crippen molar-refractivity contribution in [1.82, 2.24) is 9.78 Å². The number of nitrogens with zero attached hydrogens (tertiary/aromatic N) is 4. The second-order valence-corrected chi connectivity index (χ2v) is 3.82. The second-order valence-electron chi connectivity index (χ2n) is 3.82. The van der Waals surface area contributed by atoms with Gasteiger partial charge in [-0.15, -0.1) is 0 Å². The number of hydrogen-bond acceptors (Lipinski definition) is 3. The molecule has 0 N–H and O–H groups in total. The van der Waals surface area contributed by atoms with Crippen molar-refractivity contribution in [2.24, 2.45) is 0 Å². The minimum Gasteiger partial charge on any atom is -0.314 e. The van der Waals surface area contributed by atoms with Crippen LogP contribution in [-0.4, -0.2) is 22.7 Å². The molecule has 1 amide bonds. The highest BCUT2D eigenvalue weighted by Gasteiger charge is 2.11. The number of nitriles is 1. The van der Waals surface area contributed by atoms with Gasteiger partial charge in [0.25, 0.3) is 0 Å². The summed E-state index contributed by atoms with van der Waals surface area (Å²) >= 11 is 0. The van der Waals surface area contributed by atoms with Gasteiger partial charge in [0, 0.05) is 25.1 Å². The summed E-state index contributed by atoms with van der Waals surface area (Å²) < 4.78 is 1.56. The average molecular weight is 240 g/mol. The fourth-order valence-corrected chi connectivity index (χ4v) is 1.57. The van der Waals surface area contributed by atoms with Gasteiger partial charge in [-0.3, -0.25) is 9.48 Å². The largest absolute Gasteiger partial charge is 0.314 e. The molecule has 0 atom stereocenters. The Labute approximate surface area is 105 Å². The van der Waals surface area contributed by atoms with E-state index in [1.807, 2.05) is 0 Å². The Morgan fingerprint density at radius 2 is 2.33 bits per heavy atom. The topological polar surface area (TPSA) is 61.9 Å². The molecule has 0 aliphatic carbocycles. The molecule has 0 aliphatic heterocycles. The number of carbonyl (C=O) groups is 1. The molecule has 18 heavy (non-hydrogen) atoms. The lowest BCUT2D eigenvalue weighted by atomic mass is 10.2. The van der Waals surface area contributed by atoms with Crippen molar-refractivity contribution in [2.45, 2.75) is 6.54 Å². The van der Waals surface area contributed by atoms with Crippen LogP contribution in [0.2, 0.25) is 0 Å². The number of rotatable bonds is 3. The predicted molar refractivity (Wildman–Crippen MR) is 66.8 cm³/mol. The zero-order valence-corrected chi connectivity index (χ0v) is 9.95. The van der Waals surface area contributed by atoms with E-state index in [1.165, 1.54) is 4.90 Å². The number of carbonyl (C=O) groups excluding carboxylic acids is 1. The molecule has 0 spiro atoms. The molecule has 90 valence electrons. The van der Waals surface area contributed by atoms with E-state index in [9.17, 15) is 4.79 Å². The van der Waals surface area contributed by atoms with Crippen molar-refractivity contribution >= 4 is 11.6 Å². The first kappa shape index (κ1) is 11.9. The van der Waals surface area contributed by atoms with Crippen LogP contribution in [0.15, 0.2) is 42.7 Å². The molecule has 2 aromatic rings. The third kappa shape index (κ3) is 2.55. The maximum absolute atomic E-state index is 12.0. The van der Waals surface area contributed by atoms with Crippen molar-refractivity contribution < 1.29 is 4.79 Å². The van der Waals surface area contributed by atoms with Gasteiger partial charge in [-0.05, 0) is 24.3 Å². The Bertz CT molecular complexity index is 583. The van der Waals surface area contributed by atoms with Gasteiger partial charge < -0.3 is 4.90 Å². The zero-order chi connectivity index (χ0) is 13.0. The molecular formula is C13H12N4O. The van der Waals surface area contributed by atoms with Crippen molar-refractivity contribution in [1.29, 1.82) is 5.26 Å². The van der Waals surface area contributed by atoms with Crippen LogP contribution in [0.4, 0.5) is 5.69 Å². The quantitative estimate of drug-likeness (QED) is 0.815. The van der Waals surface area contributed by atoms with Crippen LogP contribution < -0.4 is 4.90 Å². The molecule has 2 rings (SSSR count). The molecule has 1 aromatic heterocycles. The van der Waals surface area contributed by atoms with E-state index in [-0.39, 0.29) is 12.5 Å². The highest BCUT2D eigenvalue weighted by molar-refractivity contribution is 5.92. The summed E-state index contributed by atoms with van der Waals surface area (Å²) in [4.78, 5) is 13.5. The maximum atomic E-state index is 12.0. The predicted octanol–water partition coefficient (Wildman–Crippen LogP) is 1.42. The number of likely N-dealkylation sites (N-methyl/N-ethyl adjacent to an activating group) is 1. The summed E-state index contributed by atoms with van der Waals surface area (Å²) in [7, 11) is 1.68. The van der Waals surface area contributed by atoms with Gasteiger partial charge in [0.1, 0.15) is 6.54 Å². The minimum atomic E-state index is -0.0891. The Morgan fingerprint density at radius 1 is 1.50 bits per heavy atom. The van der Waals surface area contributed by atoms with Crippen molar-refractivity contribution in [3.63, 3.8) is 0 Å². The van der Waals surface area contributed by atoms with Crippen LogP contribution in [0.25, 0.3) is 0 Å². The van der Waals surface area contributed by atoms with Gasteiger partial charge in [0.15, 0.2) is 0 Å². The van der Waals surface area contributed by atoms with Crippen molar-refractivity contribution in [2.75, 3.05) is 11.9 Å². The Morgan fingerprint density at radius 3 is 3.00 bits per heavy atom. The molecule has 0 bridgehead atoms. The zero-order valence-electron chi connectivity index (χ0n) is 9.95. The number of benzene rings is 1. The summed E-state index contributed by atoms with van der Waals surface area (Å²) in [6, 6.07) is 10.8. The first-order chi connectivity index (χ1) is 8.70. The summed E-state index contributed by atoms with van der Waals surface area (Å²) in [5.41, 5.74) is 1.23. The third-order valence-electron chi connectivity index (χ3n) is 2.59.